The van der Waals surface area contributed by atoms with Gasteiger partial charge in [0.05, 0.1) is 6.61 Å². The van der Waals surface area contributed by atoms with E-state index in [1.54, 1.807) is 18.2 Å². The van der Waals surface area contributed by atoms with Crippen molar-refractivity contribution in [2.75, 3.05) is 0 Å². The molecule has 0 atom stereocenters. The number of hydrogen-bond acceptors (Lipinski definition) is 2. The molecule has 0 amide bonds. The minimum atomic E-state index is -0.108. The molecule has 0 heterocycles. The van der Waals surface area contributed by atoms with Crippen molar-refractivity contribution in [2.24, 2.45) is 0 Å². The minimum absolute atomic E-state index is 0.108. The zero-order valence-corrected chi connectivity index (χ0v) is 13.7. The highest BCUT2D eigenvalue weighted by molar-refractivity contribution is 9.10. The van der Waals surface area contributed by atoms with Gasteiger partial charge >= 0.3 is 0 Å². The third kappa shape index (κ3) is 3.54. The van der Waals surface area contributed by atoms with Gasteiger partial charge in [-0.15, -0.1) is 0 Å². The average Bonchev–Trinajstić information content (AvgIpc) is 2.42. The van der Waals surface area contributed by atoms with Crippen LogP contribution in [0, 0.1) is 0 Å². The largest absolute Gasteiger partial charge is 0.457 e. The molecule has 0 aliphatic carbocycles. The number of ether oxygens (including phenoxy) is 1. The van der Waals surface area contributed by atoms with E-state index in [4.69, 9.17) is 16.3 Å². The van der Waals surface area contributed by atoms with Gasteiger partial charge in [-0.1, -0.05) is 41.4 Å². The standard InChI is InChI=1S/C16H16BrClO2/c1-10(2)14-8-12(17)3-5-16(14)20-15-6-4-13(18)7-11(15)9-19/h3-8,10,19H,9H2,1-2H3. The van der Waals surface area contributed by atoms with E-state index in [2.05, 4.69) is 35.8 Å². The normalized spacial score (nSPS) is 10.9. The van der Waals surface area contributed by atoms with Crippen molar-refractivity contribution in [3.05, 3.63) is 57.0 Å². The highest BCUT2D eigenvalue weighted by Gasteiger charge is 2.12. The molecule has 20 heavy (non-hydrogen) atoms. The van der Waals surface area contributed by atoms with Crippen molar-refractivity contribution in [1.29, 1.82) is 0 Å². The minimum Gasteiger partial charge on any atom is -0.457 e. The number of benzene rings is 2. The maximum Gasteiger partial charge on any atom is 0.133 e. The highest BCUT2D eigenvalue weighted by atomic mass is 79.9. The third-order valence-electron chi connectivity index (χ3n) is 3.01. The van der Waals surface area contributed by atoms with Crippen LogP contribution in [0.5, 0.6) is 11.5 Å². The Hall–Kier alpha value is -1.03. The summed E-state index contributed by atoms with van der Waals surface area (Å²) >= 11 is 9.40. The first kappa shape index (κ1) is 15.4. The summed E-state index contributed by atoms with van der Waals surface area (Å²) < 4.78 is 6.98. The van der Waals surface area contributed by atoms with Gasteiger partial charge in [-0.25, -0.2) is 0 Å². The molecule has 0 bridgehead atoms. The molecular weight excluding hydrogens is 340 g/mol. The first-order valence-electron chi connectivity index (χ1n) is 6.38. The molecule has 0 aromatic heterocycles. The van der Waals surface area contributed by atoms with Gasteiger partial charge in [0.2, 0.25) is 0 Å². The van der Waals surface area contributed by atoms with Gasteiger partial charge in [-0.2, -0.15) is 0 Å². The van der Waals surface area contributed by atoms with Gasteiger partial charge in [0.25, 0.3) is 0 Å². The van der Waals surface area contributed by atoms with E-state index in [9.17, 15) is 5.11 Å². The lowest BCUT2D eigenvalue weighted by Crippen LogP contribution is -1.97. The Morgan fingerprint density at radius 3 is 2.50 bits per heavy atom. The molecule has 4 heteroatoms. The van der Waals surface area contributed by atoms with Gasteiger partial charge < -0.3 is 9.84 Å². The number of aliphatic hydroxyl groups excluding tert-OH is 1. The average molecular weight is 356 g/mol. The van der Waals surface area contributed by atoms with Crippen LogP contribution in [0.15, 0.2) is 40.9 Å². The van der Waals surface area contributed by atoms with Gasteiger partial charge in [0.1, 0.15) is 11.5 Å². The number of aliphatic hydroxyl groups is 1. The molecule has 0 aliphatic heterocycles. The Labute approximate surface area is 132 Å². The van der Waals surface area contributed by atoms with Gasteiger partial charge in [0.15, 0.2) is 0 Å². The lowest BCUT2D eigenvalue weighted by Gasteiger charge is -2.16. The summed E-state index contributed by atoms with van der Waals surface area (Å²) in [5.41, 5.74) is 1.79. The Bertz CT molecular complexity index is 611. The van der Waals surface area contributed by atoms with Crippen LogP contribution in [0.1, 0.15) is 30.9 Å². The topological polar surface area (TPSA) is 29.5 Å². The van der Waals surface area contributed by atoms with Crippen LogP contribution in [0.4, 0.5) is 0 Å². The summed E-state index contributed by atoms with van der Waals surface area (Å²) in [5, 5.41) is 9.98. The van der Waals surface area contributed by atoms with Crippen LogP contribution >= 0.6 is 27.5 Å². The summed E-state index contributed by atoms with van der Waals surface area (Å²) in [5.74, 6) is 1.76. The number of rotatable bonds is 4. The molecule has 2 aromatic rings. The van der Waals surface area contributed by atoms with E-state index in [-0.39, 0.29) is 6.61 Å². The van der Waals surface area contributed by atoms with Crippen molar-refractivity contribution in [3.63, 3.8) is 0 Å². The van der Waals surface area contributed by atoms with Crippen LogP contribution in [-0.4, -0.2) is 5.11 Å². The summed E-state index contributed by atoms with van der Waals surface area (Å²) in [6.07, 6.45) is 0. The van der Waals surface area contributed by atoms with Crippen molar-refractivity contribution in [2.45, 2.75) is 26.4 Å². The summed E-state index contributed by atoms with van der Waals surface area (Å²) in [4.78, 5) is 0. The molecule has 0 saturated heterocycles. The maximum atomic E-state index is 9.40. The fourth-order valence-corrected chi connectivity index (χ4v) is 2.53. The first-order chi connectivity index (χ1) is 9.51. The van der Waals surface area contributed by atoms with Crippen molar-refractivity contribution < 1.29 is 9.84 Å². The van der Waals surface area contributed by atoms with Crippen LogP contribution < -0.4 is 4.74 Å². The maximum absolute atomic E-state index is 9.40. The summed E-state index contributed by atoms with van der Waals surface area (Å²) in [7, 11) is 0. The number of hydrogen-bond donors (Lipinski definition) is 1. The van der Waals surface area contributed by atoms with E-state index in [1.807, 2.05) is 12.1 Å². The first-order valence-corrected chi connectivity index (χ1v) is 7.55. The SMILES string of the molecule is CC(C)c1cc(Br)ccc1Oc1ccc(Cl)cc1CO. The van der Waals surface area contributed by atoms with Crippen LogP contribution in [0.2, 0.25) is 5.02 Å². The van der Waals surface area contributed by atoms with Crippen LogP contribution in [-0.2, 0) is 6.61 Å². The second-order valence-electron chi connectivity index (χ2n) is 4.85. The third-order valence-corrected chi connectivity index (χ3v) is 3.73. The van der Waals surface area contributed by atoms with E-state index < -0.39 is 0 Å². The number of halogens is 2. The molecule has 0 fully saturated rings. The van der Waals surface area contributed by atoms with Gasteiger partial charge in [0, 0.05) is 15.1 Å². The fourth-order valence-electron chi connectivity index (χ4n) is 1.95. The monoisotopic (exact) mass is 354 g/mol. The molecule has 0 saturated carbocycles. The molecule has 2 rings (SSSR count). The molecule has 1 N–H and O–H groups in total. The molecule has 2 nitrogen and oxygen atoms in total. The molecule has 0 spiro atoms. The Morgan fingerprint density at radius 2 is 1.85 bits per heavy atom. The van der Waals surface area contributed by atoms with Crippen molar-refractivity contribution >= 4 is 27.5 Å². The zero-order chi connectivity index (χ0) is 14.7. The fraction of sp³-hybridized carbons (Fsp3) is 0.250. The second-order valence-corrected chi connectivity index (χ2v) is 6.20. The van der Waals surface area contributed by atoms with Gasteiger partial charge in [-0.05, 0) is 47.9 Å². The van der Waals surface area contributed by atoms with Crippen molar-refractivity contribution in [3.8, 4) is 11.5 Å². The summed E-state index contributed by atoms with van der Waals surface area (Å²) in [6, 6.07) is 11.2. The van der Waals surface area contributed by atoms with Gasteiger partial charge in [-0.3, -0.25) is 0 Å². The van der Waals surface area contributed by atoms with E-state index in [0.29, 0.717) is 22.3 Å². The predicted molar refractivity (Wildman–Crippen MR) is 85.7 cm³/mol. The quantitative estimate of drug-likeness (QED) is 0.783. The molecule has 0 aliphatic rings. The lowest BCUT2D eigenvalue weighted by atomic mass is 10.0. The molecule has 0 unspecified atom stereocenters. The lowest BCUT2D eigenvalue weighted by molar-refractivity contribution is 0.276. The van der Waals surface area contributed by atoms with E-state index >= 15 is 0 Å². The molecular formula is C16H16BrClO2. The molecule has 0 radical (unpaired) electrons. The zero-order valence-electron chi connectivity index (χ0n) is 11.4. The Morgan fingerprint density at radius 1 is 1.15 bits per heavy atom. The smallest absolute Gasteiger partial charge is 0.133 e. The van der Waals surface area contributed by atoms with Crippen LogP contribution in [0.25, 0.3) is 0 Å². The molecule has 2 aromatic carbocycles. The highest BCUT2D eigenvalue weighted by Crippen LogP contribution is 2.34. The second kappa shape index (κ2) is 6.61. The van der Waals surface area contributed by atoms with Crippen LogP contribution in [0.3, 0.4) is 0 Å². The Kier molecular flexibility index (Phi) is 5.08. The predicted octanol–water partition coefficient (Wildman–Crippen LogP) is 5.51. The van der Waals surface area contributed by atoms with E-state index in [0.717, 1.165) is 15.8 Å². The summed E-state index contributed by atoms with van der Waals surface area (Å²) in [6.45, 7) is 4.12. The van der Waals surface area contributed by atoms with E-state index in [1.165, 1.54) is 0 Å². The van der Waals surface area contributed by atoms with Crippen molar-refractivity contribution in [1.82, 2.24) is 0 Å². The Balaban J connectivity index is 2.39. The molecule has 106 valence electrons.